The Kier molecular flexibility index (Phi) is 3.51. The van der Waals surface area contributed by atoms with Crippen LogP contribution in [-0.4, -0.2) is 28.4 Å². The molecule has 118 valence electrons. The third-order valence-electron chi connectivity index (χ3n) is 4.14. The van der Waals surface area contributed by atoms with Gasteiger partial charge in [-0.15, -0.1) is 11.3 Å². The van der Waals surface area contributed by atoms with E-state index < -0.39 is 0 Å². The van der Waals surface area contributed by atoms with E-state index in [0.29, 0.717) is 12.1 Å². The molecule has 0 bridgehead atoms. The third-order valence-corrected chi connectivity index (χ3v) is 5.14. The van der Waals surface area contributed by atoms with Gasteiger partial charge in [0.2, 0.25) is 0 Å². The van der Waals surface area contributed by atoms with Crippen LogP contribution in [0.5, 0.6) is 0 Å². The molecule has 0 saturated heterocycles. The zero-order valence-electron chi connectivity index (χ0n) is 12.3. The van der Waals surface area contributed by atoms with Crippen LogP contribution in [0, 0.1) is 0 Å². The van der Waals surface area contributed by atoms with Crippen molar-refractivity contribution >= 4 is 22.8 Å². The second kappa shape index (κ2) is 5.68. The Morgan fingerprint density at radius 3 is 3.26 bits per heavy atom. The zero-order chi connectivity index (χ0) is 15.8. The van der Waals surface area contributed by atoms with Gasteiger partial charge in [0.25, 0.3) is 5.91 Å². The summed E-state index contributed by atoms with van der Waals surface area (Å²) in [6.07, 6.45) is 2.70. The van der Waals surface area contributed by atoms with Gasteiger partial charge in [-0.2, -0.15) is 0 Å². The highest BCUT2D eigenvalue weighted by Gasteiger charge is 2.21. The van der Waals surface area contributed by atoms with Crippen molar-refractivity contribution < 1.29 is 4.79 Å². The summed E-state index contributed by atoms with van der Waals surface area (Å²) >= 11 is 1.76. The molecule has 1 aliphatic heterocycles. The average Bonchev–Trinajstić information content (AvgIpc) is 3.21. The van der Waals surface area contributed by atoms with E-state index in [-0.39, 0.29) is 23.3 Å². The monoisotopic (exact) mass is 328 g/mol. The fraction of sp³-hybridized carbons (Fsp3) is 0.250. The number of aromatic amines is 1. The smallest absolute Gasteiger partial charge is 0.330 e. The number of thiophene rings is 1. The summed E-state index contributed by atoms with van der Waals surface area (Å²) in [6.45, 7) is 1.41. The number of nitrogens with zero attached hydrogens (tertiary/aromatic N) is 1. The molecule has 0 spiro atoms. The standard InChI is InChI=1S/C16H16N4O2S/c21-15(12-8-10-2-1-6-20(10)16(22)19-12)18-9-13-11-4-7-23-14(11)3-5-17-13/h1-2,4,6-8,13,17H,3,5,9H2,(H,18,21)(H,19,22). The first-order valence-electron chi connectivity index (χ1n) is 7.50. The van der Waals surface area contributed by atoms with E-state index in [9.17, 15) is 9.59 Å². The maximum Gasteiger partial charge on any atom is 0.330 e. The van der Waals surface area contributed by atoms with Gasteiger partial charge >= 0.3 is 5.69 Å². The highest BCUT2D eigenvalue weighted by atomic mass is 32.1. The molecule has 23 heavy (non-hydrogen) atoms. The molecule has 0 radical (unpaired) electrons. The quantitative estimate of drug-likeness (QED) is 0.678. The molecule has 1 unspecified atom stereocenters. The van der Waals surface area contributed by atoms with Crippen LogP contribution < -0.4 is 16.3 Å². The Morgan fingerprint density at radius 2 is 2.35 bits per heavy atom. The van der Waals surface area contributed by atoms with E-state index in [4.69, 9.17) is 0 Å². The molecule has 6 nitrogen and oxygen atoms in total. The summed E-state index contributed by atoms with van der Waals surface area (Å²) in [6, 6.07) is 7.49. The van der Waals surface area contributed by atoms with Crippen LogP contribution in [0.15, 0.2) is 40.6 Å². The fourth-order valence-corrected chi connectivity index (χ4v) is 3.93. The van der Waals surface area contributed by atoms with Crippen LogP contribution >= 0.6 is 11.3 Å². The highest BCUT2D eigenvalue weighted by Crippen LogP contribution is 2.26. The Morgan fingerprint density at radius 1 is 1.43 bits per heavy atom. The molecule has 0 saturated carbocycles. The number of H-pyrrole nitrogens is 1. The second-order valence-corrected chi connectivity index (χ2v) is 6.56. The lowest BCUT2D eigenvalue weighted by molar-refractivity contribution is 0.0944. The summed E-state index contributed by atoms with van der Waals surface area (Å²) in [5.74, 6) is -0.269. The minimum absolute atomic E-state index is 0.123. The number of carbonyl (C=O) groups excluding carboxylic acids is 1. The first kappa shape index (κ1) is 14.2. The fourth-order valence-electron chi connectivity index (χ4n) is 2.98. The summed E-state index contributed by atoms with van der Waals surface area (Å²) in [7, 11) is 0. The molecule has 0 aromatic carbocycles. The molecule has 4 rings (SSSR count). The molecular formula is C16H16N4O2S. The largest absolute Gasteiger partial charge is 0.349 e. The maximum absolute atomic E-state index is 12.3. The lowest BCUT2D eigenvalue weighted by atomic mass is 10.0. The van der Waals surface area contributed by atoms with Crippen molar-refractivity contribution in [1.82, 2.24) is 20.0 Å². The van der Waals surface area contributed by atoms with Crippen molar-refractivity contribution in [2.75, 3.05) is 13.1 Å². The summed E-state index contributed by atoms with van der Waals surface area (Å²) in [5, 5.41) is 8.42. The van der Waals surface area contributed by atoms with E-state index in [1.54, 1.807) is 35.7 Å². The average molecular weight is 328 g/mol. The number of nitrogens with one attached hydrogen (secondary N) is 3. The Bertz CT molecular complexity index is 923. The minimum atomic E-state index is -0.312. The van der Waals surface area contributed by atoms with E-state index in [1.807, 2.05) is 0 Å². The molecule has 3 aromatic heterocycles. The van der Waals surface area contributed by atoms with Crippen molar-refractivity contribution in [2.24, 2.45) is 0 Å². The van der Waals surface area contributed by atoms with Crippen LogP contribution in [0.4, 0.5) is 0 Å². The predicted octanol–water partition coefficient (Wildman–Crippen LogP) is 1.31. The van der Waals surface area contributed by atoms with Gasteiger partial charge in [-0.3, -0.25) is 9.20 Å². The number of hydrogen-bond donors (Lipinski definition) is 3. The van der Waals surface area contributed by atoms with Crippen LogP contribution in [0.3, 0.4) is 0 Å². The zero-order valence-corrected chi connectivity index (χ0v) is 13.2. The predicted molar refractivity (Wildman–Crippen MR) is 89.1 cm³/mol. The minimum Gasteiger partial charge on any atom is -0.349 e. The molecule has 0 aliphatic carbocycles. The van der Waals surface area contributed by atoms with Gasteiger partial charge in [0, 0.05) is 24.2 Å². The summed E-state index contributed by atoms with van der Waals surface area (Å²) < 4.78 is 1.47. The van der Waals surface area contributed by atoms with Crippen molar-refractivity contribution in [3.63, 3.8) is 0 Å². The number of fused-ring (bicyclic) bond motifs is 2. The molecule has 1 amide bonds. The molecule has 1 atom stereocenters. The van der Waals surface area contributed by atoms with E-state index in [2.05, 4.69) is 27.1 Å². The van der Waals surface area contributed by atoms with Gasteiger partial charge in [-0.1, -0.05) is 0 Å². The first-order valence-corrected chi connectivity index (χ1v) is 8.38. The molecule has 3 N–H and O–H groups in total. The number of hydrogen-bond acceptors (Lipinski definition) is 4. The molecular weight excluding hydrogens is 312 g/mol. The number of amides is 1. The van der Waals surface area contributed by atoms with Crippen molar-refractivity contribution in [3.8, 4) is 0 Å². The lowest BCUT2D eigenvalue weighted by Gasteiger charge is -2.24. The van der Waals surface area contributed by atoms with Gasteiger partial charge < -0.3 is 15.6 Å². The first-order chi connectivity index (χ1) is 11.2. The van der Waals surface area contributed by atoms with Crippen LogP contribution in [0.25, 0.3) is 5.52 Å². The Hall–Kier alpha value is -2.38. The van der Waals surface area contributed by atoms with E-state index in [1.165, 1.54) is 14.8 Å². The van der Waals surface area contributed by atoms with E-state index >= 15 is 0 Å². The summed E-state index contributed by atoms with van der Waals surface area (Å²) in [5.41, 5.74) is 1.93. The van der Waals surface area contributed by atoms with Crippen molar-refractivity contribution in [3.05, 3.63) is 62.5 Å². The molecule has 0 fully saturated rings. The van der Waals surface area contributed by atoms with E-state index in [0.717, 1.165) is 13.0 Å². The van der Waals surface area contributed by atoms with Crippen LogP contribution in [0.1, 0.15) is 27.0 Å². The van der Waals surface area contributed by atoms with Crippen molar-refractivity contribution in [1.29, 1.82) is 0 Å². The van der Waals surface area contributed by atoms with Crippen LogP contribution in [0.2, 0.25) is 0 Å². The highest BCUT2D eigenvalue weighted by molar-refractivity contribution is 7.10. The molecule has 3 aromatic rings. The van der Waals surface area contributed by atoms with Gasteiger partial charge in [-0.05, 0) is 41.6 Å². The molecule has 1 aliphatic rings. The van der Waals surface area contributed by atoms with Crippen molar-refractivity contribution in [2.45, 2.75) is 12.5 Å². The second-order valence-electron chi connectivity index (χ2n) is 5.56. The Balaban J connectivity index is 1.51. The lowest BCUT2D eigenvalue weighted by Crippen LogP contribution is -2.39. The molecule has 7 heteroatoms. The number of aromatic nitrogens is 2. The topological polar surface area (TPSA) is 78.4 Å². The maximum atomic E-state index is 12.3. The normalized spacial score (nSPS) is 17.1. The third kappa shape index (κ3) is 2.58. The van der Waals surface area contributed by atoms with Crippen LogP contribution in [-0.2, 0) is 6.42 Å². The SMILES string of the molecule is O=C(NCC1NCCc2sccc21)c1cc2cccn2c(=O)[nH]1. The molecule has 4 heterocycles. The van der Waals surface area contributed by atoms with Gasteiger partial charge in [0.15, 0.2) is 0 Å². The Labute approximate surface area is 136 Å². The number of rotatable bonds is 3. The number of carbonyl (C=O) groups is 1. The van der Waals surface area contributed by atoms with Gasteiger partial charge in [0.1, 0.15) is 5.69 Å². The van der Waals surface area contributed by atoms with Gasteiger partial charge in [0.05, 0.1) is 11.6 Å². The van der Waals surface area contributed by atoms with Gasteiger partial charge in [-0.25, -0.2) is 4.79 Å². The summed E-state index contributed by atoms with van der Waals surface area (Å²) in [4.78, 5) is 28.3.